The number of pyridine rings is 1. The van der Waals surface area contributed by atoms with Gasteiger partial charge in [-0.3, -0.25) is 4.98 Å². The van der Waals surface area contributed by atoms with Gasteiger partial charge in [-0.25, -0.2) is 0 Å². The lowest BCUT2D eigenvalue weighted by molar-refractivity contribution is 0.733. The Morgan fingerprint density at radius 3 is 3.05 bits per heavy atom. The summed E-state index contributed by atoms with van der Waals surface area (Å²) in [7, 11) is 0. The predicted molar refractivity (Wildman–Crippen MR) is 85.7 cm³/mol. The quantitative estimate of drug-likeness (QED) is 0.616. The number of thioether (sulfide) groups is 1. The molecule has 0 aliphatic carbocycles. The minimum atomic E-state index is 0.915. The van der Waals surface area contributed by atoms with Crippen molar-refractivity contribution in [2.75, 3.05) is 18.1 Å². The Morgan fingerprint density at radius 2 is 2.21 bits per heavy atom. The van der Waals surface area contributed by atoms with Gasteiger partial charge in [0.15, 0.2) is 0 Å². The van der Waals surface area contributed by atoms with Crippen LogP contribution in [0.25, 0.3) is 10.9 Å². The molecule has 0 bridgehead atoms. The fourth-order valence-electron chi connectivity index (χ4n) is 1.93. The van der Waals surface area contributed by atoms with Crippen molar-refractivity contribution in [1.29, 1.82) is 0 Å². The highest BCUT2D eigenvalue weighted by Gasteiger charge is 1.98. The first kappa shape index (κ1) is 14.1. The van der Waals surface area contributed by atoms with Crippen molar-refractivity contribution >= 4 is 22.7 Å². The fraction of sp³-hybridized carbons (Fsp3) is 0.312. The summed E-state index contributed by atoms with van der Waals surface area (Å²) in [4.78, 5) is 4.51. The van der Waals surface area contributed by atoms with Crippen molar-refractivity contribution < 1.29 is 0 Å². The van der Waals surface area contributed by atoms with E-state index in [-0.39, 0.29) is 0 Å². The molecule has 1 N–H and O–H groups in total. The molecule has 0 aliphatic heterocycles. The third-order valence-corrected chi connectivity index (χ3v) is 3.85. The van der Waals surface area contributed by atoms with E-state index < -0.39 is 0 Å². The first-order chi connectivity index (χ1) is 9.29. The zero-order valence-electron chi connectivity index (χ0n) is 11.4. The second-order valence-corrected chi connectivity index (χ2v) is 5.67. The maximum atomic E-state index is 4.51. The van der Waals surface area contributed by atoms with Crippen LogP contribution in [0.5, 0.6) is 0 Å². The van der Waals surface area contributed by atoms with Crippen LogP contribution in [-0.4, -0.2) is 23.0 Å². The molecule has 2 rings (SSSR count). The highest BCUT2D eigenvalue weighted by Crippen LogP contribution is 2.14. The molecule has 0 saturated heterocycles. The van der Waals surface area contributed by atoms with E-state index in [1.807, 2.05) is 24.8 Å². The number of rotatable bonds is 7. The average Bonchev–Trinajstić information content (AvgIpc) is 2.43. The summed E-state index contributed by atoms with van der Waals surface area (Å²) in [5, 5.41) is 4.67. The molecule has 0 atom stereocenters. The van der Waals surface area contributed by atoms with Crippen LogP contribution < -0.4 is 5.32 Å². The van der Waals surface area contributed by atoms with E-state index in [0.717, 1.165) is 35.8 Å². The van der Waals surface area contributed by atoms with Gasteiger partial charge in [0.25, 0.3) is 0 Å². The van der Waals surface area contributed by atoms with Crippen molar-refractivity contribution in [3.63, 3.8) is 0 Å². The van der Waals surface area contributed by atoms with Crippen LogP contribution in [0.4, 0.5) is 0 Å². The van der Waals surface area contributed by atoms with Crippen molar-refractivity contribution in [1.82, 2.24) is 10.3 Å². The minimum Gasteiger partial charge on any atom is -0.312 e. The smallest absolute Gasteiger partial charge is 0.0705 e. The first-order valence-corrected chi connectivity index (χ1v) is 7.71. The van der Waals surface area contributed by atoms with Crippen LogP contribution in [0.1, 0.15) is 11.3 Å². The van der Waals surface area contributed by atoms with Crippen LogP contribution in [0.3, 0.4) is 0 Å². The van der Waals surface area contributed by atoms with E-state index in [9.17, 15) is 0 Å². The SMILES string of the molecule is C=CCSCCNCc1ccc2nc(C)ccc2c1. The molecule has 0 spiro atoms. The number of aryl methyl sites for hydroxylation is 1. The highest BCUT2D eigenvalue weighted by molar-refractivity contribution is 7.99. The third kappa shape index (κ3) is 4.37. The van der Waals surface area contributed by atoms with Crippen LogP contribution in [0.15, 0.2) is 43.0 Å². The molecule has 0 radical (unpaired) electrons. The molecule has 2 nitrogen and oxygen atoms in total. The topological polar surface area (TPSA) is 24.9 Å². The number of hydrogen-bond acceptors (Lipinski definition) is 3. The van der Waals surface area contributed by atoms with Gasteiger partial charge in [-0.05, 0) is 30.7 Å². The molecule has 0 unspecified atom stereocenters. The van der Waals surface area contributed by atoms with Gasteiger partial charge in [-0.2, -0.15) is 11.8 Å². The second-order valence-electron chi connectivity index (χ2n) is 4.52. The van der Waals surface area contributed by atoms with Gasteiger partial charge < -0.3 is 5.32 Å². The second kappa shape index (κ2) is 7.31. The molecule has 1 heterocycles. The number of benzene rings is 1. The molecule has 19 heavy (non-hydrogen) atoms. The molecule has 2 aromatic rings. The van der Waals surface area contributed by atoms with E-state index >= 15 is 0 Å². The Balaban J connectivity index is 1.87. The van der Waals surface area contributed by atoms with E-state index in [0.29, 0.717) is 0 Å². The van der Waals surface area contributed by atoms with Gasteiger partial charge >= 0.3 is 0 Å². The first-order valence-electron chi connectivity index (χ1n) is 6.55. The zero-order chi connectivity index (χ0) is 13.5. The average molecular weight is 272 g/mol. The molecule has 0 saturated carbocycles. The standard InChI is InChI=1S/C16H20N2S/c1-3-9-19-10-8-17-12-14-5-7-16-15(11-14)6-4-13(2)18-16/h3-7,11,17H,1,8-10,12H2,2H3. The Bertz CT molecular complexity index is 551. The molecule has 0 fully saturated rings. The Kier molecular flexibility index (Phi) is 5.43. The van der Waals surface area contributed by atoms with Gasteiger partial charge in [-0.15, -0.1) is 6.58 Å². The van der Waals surface area contributed by atoms with E-state index in [4.69, 9.17) is 0 Å². The number of nitrogens with one attached hydrogen (secondary N) is 1. The lowest BCUT2D eigenvalue weighted by atomic mass is 10.1. The van der Waals surface area contributed by atoms with Gasteiger partial charge in [0.2, 0.25) is 0 Å². The van der Waals surface area contributed by atoms with Crippen molar-refractivity contribution in [3.05, 3.63) is 54.2 Å². The number of nitrogens with zero attached hydrogens (tertiary/aromatic N) is 1. The fourth-order valence-corrected chi connectivity index (χ4v) is 2.55. The summed E-state index contributed by atoms with van der Waals surface area (Å²) < 4.78 is 0. The number of aromatic nitrogens is 1. The van der Waals surface area contributed by atoms with Gasteiger partial charge in [0, 0.05) is 35.7 Å². The van der Waals surface area contributed by atoms with Crippen LogP contribution in [-0.2, 0) is 6.54 Å². The molecule has 0 aliphatic rings. The summed E-state index contributed by atoms with van der Waals surface area (Å²) in [6, 6.07) is 10.7. The van der Waals surface area contributed by atoms with Crippen LogP contribution >= 0.6 is 11.8 Å². The van der Waals surface area contributed by atoms with Gasteiger partial charge in [0.1, 0.15) is 0 Å². The monoisotopic (exact) mass is 272 g/mol. The predicted octanol–water partition coefficient (Wildman–Crippen LogP) is 3.55. The van der Waals surface area contributed by atoms with Gasteiger partial charge in [0.05, 0.1) is 5.52 Å². The molecule has 0 amide bonds. The molecule has 100 valence electrons. The molecule has 1 aromatic carbocycles. The maximum Gasteiger partial charge on any atom is 0.0705 e. The highest BCUT2D eigenvalue weighted by atomic mass is 32.2. The largest absolute Gasteiger partial charge is 0.312 e. The van der Waals surface area contributed by atoms with Gasteiger partial charge in [-0.1, -0.05) is 18.2 Å². The summed E-state index contributed by atoms with van der Waals surface area (Å²) in [5.74, 6) is 2.16. The summed E-state index contributed by atoms with van der Waals surface area (Å²) in [6.45, 7) is 7.68. The molecule has 1 aromatic heterocycles. The zero-order valence-corrected chi connectivity index (χ0v) is 12.2. The van der Waals surface area contributed by atoms with Crippen molar-refractivity contribution in [2.45, 2.75) is 13.5 Å². The summed E-state index contributed by atoms with van der Waals surface area (Å²) in [6.07, 6.45) is 1.95. The van der Waals surface area contributed by atoms with Crippen LogP contribution in [0.2, 0.25) is 0 Å². The van der Waals surface area contributed by atoms with Crippen molar-refractivity contribution in [2.24, 2.45) is 0 Å². The van der Waals surface area contributed by atoms with E-state index in [2.05, 4.69) is 47.2 Å². The van der Waals surface area contributed by atoms with E-state index in [1.165, 1.54) is 10.9 Å². The summed E-state index contributed by atoms with van der Waals surface area (Å²) in [5.41, 5.74) is 3.45. The Morgan fingerprint density at radius 1 is 1.32 bits per heavy atom. The Labute approximate surface area is 119 Å². The number of hydrogen-bond donors (Lipinski definition) is 1. The molecular weight excluding hydrogens is 252 g/mol. The van der Waals surface area contributed by atoms with Crippen LogP contribution in [0, 0.1) is 6.92 Å². The summed E-state index contributed by atoms with van der Waals surface area (Å²) >= 11 is 1.90. The number of fused-ring (bicyclic) bond motifs is 1. The Hall–Kier alpha value is -1.32. The molecular formula is C16H20N2S. The van der Waals surface area contributed by atoms with E-state index in [1.54, 1.807) is 0 Å². The lowest BCUT2D eigenvalue weighted by Gasteiger charge is -2.06. The normalized spacial score (nSPS) is 10.8. The maximum absolute atomic E-state index is 4.51. The molecule has 3 heteroatoms. The lowest BCUT2D eigenvalue weighted by Crippen LogP contribution is -2.16. The van der Waals surface area contributed by atoms with Crippen molar-refractivity contribution in [3.8, 4) is 0 Å². The minimum absolute atomic E-state index is 0.915. The third-order valence-electron chi connectivity index (χ3n) is 2.88.